The quantitative estimate of drug-likeness (QED) is 0.710. The highest BCUT2D eigenvalue weighted by atomic mass is 127. The van der Waals surface area contributed by atoms with Crippen LogP contribution in [0.15, 0.2) is 18.2 Å². The van der Waals surface area contributed by atoms with E-state index in [2.05, 4.69) is 40.8 Å². The maximum atomic E-state index is 5.94. The van der Waals surface area contributed by atoms with Gasteiger partial charge in [0.25, 0.3) is 0 Å². The summed E-state index contributed by atoms with van der Waals surface area (Å²) in [7, 11) is 0. The average molecular weight is 259 g/mol. The van der Waals surface area contributed by atoms with E-state index in [1.807, 2.05) is 0 Å². The Kier molecular flexibility index (Phi) is 1.89. The molecule has 2 N–H and O–H groups in total. The average Bonchev–Trinajstić information content (AvgIpc) is 2.34. The van der Waals surface area contributed by atoms with Crippen LogP contribution in [0.4, 0.5) is 0 Å². The van der Waals surface area contributed by atoms with Crippen molar-refractivity contribution in [2.75, 3.05) is 0 Å². The van der Waals surface area contributed by atoms with Crippen LogP contribution in [0.3, 0.4) is 0 Å². The van der Waals surface area contributed by atoms with Gasteiger partial charge in [-0.15, -0.1) is 0 Å². The van der Waals surface area contributed by atoms with Crippen LogP contribution >= 0.6 is 22.6 Å². The molecule has 0 fully saturated rings. The second kappa shape index (κ2) is 2.75. The van der Waals surface area contributed by atoms with E-state index in [-0.39, 0.29) is 6.04 Å². The summed E-state index contributed by atoms with van der Waals surface area (Å²) in [5.74, 6) is 0. The molecule has 0 heterocycles. The fourth-order valence-electron chi connectivity index (χ4n) is 1.67. The largest absolute Gasteiger partial charge is 0.324 e. The molecule has 2 rings (SSSR count). The van der Waals surface area contributed by atoms with E-state index in [1.54, 1.807) is 0 Å². The summed E-state index contributed by atoms with van der Waals surface area (Å²) in [5.41, 5.74) is 8.77. The highest BCUT2D eigenvalue weighted by Gasteiger charge is 2.20. The van der Waals surface area contributed by atoms with Crippen LogP contribution in [-0.4, -0.2) is 0 Å². The monoisotopic (exact) mass is 259 g/mol. The standard InChI is InChI=1S/C9H10IN/c10-7-3-1-2-6-4-5-8(11)9(6)7/h1-3,8H,4-5,11H2/t8-/m1/s1. The zero-order valence-corrected chi connectivity index (χ0v) is 8.34. The van der Waals surface area contributed by atoms with E-state index in [1.165, 1.54) is 14.7 Å². The molecular formula is C9H10IN. The summed E-state index contributed by atoms with van der Waals surface area (Å²) < 4.78 is 1.32. The third kappa shape index (κ3) is 1.18. The highest BCUT2D eigenvalue weighted by molar-refractivity contribution is 14.1. The van der Waals surface area contributed by atoms with Gasteiger partial charge in [-0.05, 0) is 52.6 Å². The molecule has 0 unspecified atom stereocenters. The number of hydrogen-bond donors (Lipinski definition) is 1. The van der Waals surface area contributed by atoms with Gasteiger partial charge >= 0.3 is 0 Å². The molecule has 1 nitrogen and oxygen atoms in total. The third-order valence-corrected chi connectivity index (χ3v) is 3.18. The Labute approximate surface area is 80.1 Å². The Morgan fingerprint density at radius 3 is 3.00 bits per heavy atom. The number of halogens is 1. The Balaban J connectivity index is 2.58. The molecule has 0 saturated carbocycles. The molecule has 0 radical (unpaired) electrons. The molecule has 0 spiro atoms. The Morgan fingerprint density at radius 1 is 1.45 bits per heavy atom. The Bertz CT molecular complexity index is 283. The van der Waals surface area contributed by atoms with Crippen LogP contribution in [0.1, 0.15) is 23.6 Å². The van der Waals surface area contributed by atoms with Gasteiger partial charge in [-0.3, -0.25) is 0 Å². The second-order valence-corrected chi connectivity index (χ2v) is 4.12. The SMILES string of the molecule is N[C@@H]1CCc2cccc(I)c21. The van der Waals surface area contributed by atoms with Gasteiger partial charge in [-0.1, -0.05) is 12.1 Å². The summed E-state index contributed by atoms with van der Waals surface area (Å²) in [4.78, 5) is 0. The van der Waals surface area contributed by atoms with E-state index in [4.69, 9.17) is 5.73 Å². The van der Waals surface area contributed by atoms with E-state index >= 15 is 0 Å². The molecular weight excluding hydrogens is 249 g/mol. The van der Waals surface area contributed by atoms with Gasteiger partial charge in [0.2, 0.25) is 0 Å². The molecule has 0 saturated heterocycles. The van der Waals surface area contributed by atoms with Crippen molar-refractivity contribution in [2.45, 2.75) is 18.9 Å². The summed E-state index contributed by atoms with van der Waals surface area (Å²) in [6.45, 7) is 0. The zero-order valence-electron chi connectivity index (χ0n) is 6.18. The minimum Gasteiger partial charge on any atom is -0.324 e. The first-order valence-electron chi connectivity index (χ1n) is 3.82. The molecule has 0 aliphatic heterocycles. The van der Waals surface area contributed by atoms with Gasteiger partial charge in [0.15, 0.2) is 0 Å². The minimum atomic E-state index is 0.290. The third-order valence-electron chi connectivity index (χ3n) is 2.24. The van der Waals surface area contributed by atoms with Gasteiger partial charge < -0.3 is 5.73 Å². The molecule has 1 aromatic rings. The van der Waals surface area contributed by atoms with E-state index in [9.17, 15) is 0 Å². The van der Waals surface area contributed by atoms with Gasteiger partial charge in [0.1, 0.15) is 0 Å². The van der Waals surface area contributed by atoms with Gasteiger partial charge in [-0.2, -0.15) is 0 Å². The van der Waals surface area contributed by atoms with E-state index in [0.717, 1.165) is 12.8 Å². The predicted octanol–water partition coefficient (Wildman–Crippen LogP) is 2.24. The topological polar surface area (TPSA) is 26.0 Å². The molecule has 0 aromatic heterocycles. The summed E-state index contributed by atoms with van der Waals surface area (Å²) in [6.07, 6.45) is 2.28. The number of fused-ring (bicyclic) bond motifs is 1. The lowest BCUT2D eigenvalue weighted by Gasteiger charge is -2.06. The lowest BCUT2D eigenvalue weighted by molar-refractivity contribution is 0.711. The maximum absolute atomic E-state index is 5.94. The maximum Gasteiger partial charge on any atom is 0.0311 e. The lowest BCUT2D eigenvalue weighted by atomic mass is 10.1. The highest BCUT2D eigenvalue weighted by Crippen LogP contribution is 2.32. The first-order chi connectivity index (χ1) is 5.29. The first kappa shape index (κ1) is 7.55. The zero-order chi connectivity index (χ0) is 7.84. The van der Waals surface area contributed by atoms with Crippen LogP contribution in [-0.2, 0) is 6.42 Å². The first-order valence-corrected chi connectivity index (χ1v) is 4.90. The van der Waals surface area contributed by atoms with Crippen molar-refractivity contribution in [3.63, 3.8) is 0 Å². The number of rotatable bonds is 0. The second-order valence-electron chi connectivity index (χ2n) is 2.96. The summed E-state index contributed by atoms with van der Waals surface area (Å²) in [5, 5.41) is 0. The van der Waals surface area contributed by atoms with Crippen LogP contribution < -0.4 is 5.73 Å². The molecule has 0 bridgehead atoms. The van der Waals surface area contributed by atoms with Crippen LogP contribution in [0.2, 0.25) is 0 Å². The number of hydrogen-bond acceptors (Lipinski definition) is 1. The van der Waals surface area contributed by atoms with Gasteiger partial charge in [-0.25, -0.2) is 0 Å². The molecule has 11 heavy (non-hydrogen) atoms. The van der Waals surface area contributed by atoms with Gasteiger partial charge in [0.05, 0.1) is 0 Å². The molecule has 58 valence electrons. The lowest BCUT2D eigenvalue weighted by Crippen LogP contribution is -2.06. The molecule has 1 aliphatic rings. The molecule has 1 aliphatic carbocycles. The predicted molar refractivity (Wildman–Crippen MR) is 54.4 cm³/mol. The van der Waals surface area contributed by atoms with Crippen molar-refractivity contribution in [1.29, 1.82) is 0 Å². The van der Waals surface area contributed by atoms with E-state index < -0.39 is 0 Å². The van der Waals surface area contributed by atoms with Crippen molar-refractivity contribution < 1.29 is 0 Å². The molecule has 0 amide bonds. The fourth-order valence-corrected chi connectivity index (χ4v) is 2.62. The number of benzene rings is 1. The molecule has 2 heteroatoms. The van der Waals surface area contributed by atoms with Crippen LogP contribution in [0.25, 0.3) is 0 Å². The summed E-state index contributed by atoms with van der Waals surface area (Å²) >= 11 is 2.36. The molecule has 1 aromatic carbocycles. The van der Waals surface area contributed by atoms with Crippen LogP contribution in [0.5, 0.6) is 0 Å². The van der Waals surface area contributed by atoms with Crippen molar-refractivity contribution in [3.05, 3.63) is 32.9 Å². The van der Waals surface area contributed by atoms with Crippen molar-refractivity contribution in [2.24, 2.45) is 5.73 Å². The fraction of sp³-hybridized carbons (Fsp3) is 0.333. The Hall–Kier alpha value is -0.0900. The van der Waals surface area contributed by atoms with Crippen molar-refractivity contribution in [3.8, 4) is 0 Å². The smallest absolute Gasteiger partial charge is 0.0311 e. The van der Waals surface area contributed by atoms with Crippen LogP contribution in [0, 0.1) is 3.57 Å². The number of nitrogens with two attached hydrogens (primary N) is 1. The van der Waals surface area contributed by atoms with Gasteiger partial charge in [0, 0.05) is 9.61 Å². The number of aryl methyl sites for hydroxylation is 1. The van der Waals surface area contributed by atoms with Crippen molar-refractivity contribution in [1.82, 2.24) is 0 Å². The molecule has 1 atom stereocenters. The van der Waals surface area contributed by atoms with Crippen molar-refractivity contribution >= 4 is 22.6 Å². The van der Waals surface area contributed by atoms with E-state index in [0.29, 0.717) is 0 Å². The summed E-state index contributed by atoms with van der Waals surface area (Å²) in [6, 6.07) is 6.71. The Morgan fingerprint density at radius 2 is 2.27 bits per heavy atom. The minimum absolute atomic E-state index is 0.290. The normalized spacial score (nSPS) is 21.8.